The molecule has 0 atom stereocenters. The van der Waals surface area contributed by atoms with E-state index in [0.717, 1.165) is 31.7 Å². The number of carbonyl (C=O) groups excluding carboxylic acids is 1. The van der Waals surface area contributed by atoms with Crippen molar-refractivity contribution >= 4 is 11.8 Å². The van der Waals surface area contributed by atoms with Crippen LogP contribution in [0.4, 0.5) is 14.7 Å². The third-order valence-electron chi connectivity index (χ3n) is 5.91. The van der Waals surface area contributed by atoms with Crippen molar-refractivity contribution in [1.82, 2.24) is 15.0 Å². The van der Waals surface area contributed by atoms with Crippen LogP contribution in [0.25, 0.3) is 11.3 Å². The zero-order valence-corrected chi connectivity index (χ0v) is 18.9. The summed E-state index contributed by atoms with van der Waals surface area (Å²) >= 11 is 0. The molecule has 0 spiro atoms. The zero-order chi connectivity index (χ0) is 23.4. The van der Waals surface area contributed by atoms with Crippen molar-refractivity contribution < 1.29 is 18.1 Å². The van der Waals surface area contributed by atoms with Crippen molar-refractivity contribution in [3.05, 3.63) is 71.3 Å². The van der Waals surface area contributed by atoms with Gasteiger partial charge in [-0.05, 0) is 49.9 Å². The SMILES string of the molecule is CCCN(Cc1c(-c2ccc(F)cc2)noc1N1CCN(C)CC1)C(=O)c1ccccc1F. The van der Waals surface area contributed by atoms with E-state index >= 15 is 0 Å². The number of amides is 1. The van der Waals surface area contributed by atoms with Crippen molar-refractivity contribution in [2.75, 3.05) is 44.7 Å². The number of nitrogens with zero attached hydrogens (tertiary/aromatic N) is 4. The van der Waals surface area contributed by atoms with Gasteiger partial charge in [0, 0.05) is 38.3 Å². The molecular weight excluding hydrogens is 426 g/mol. The highest BCUT2D eigenvalue weighted by atomic mass is 19.1. The van der Waals surface area contributed by atoms with Gasteiger partial charge in [0.2, 0.25) is 5.88 Å². The maximum Gasteiger partial charge on any atom is 0.257 e. The molecule has 0 N–H and O–H groups in total. The summed E-state index contributed by atoms with van der Waals surface area (Å²) in [6, 6.07) is 12.0. The van der Waals surface area contributed by atoms with E-state index in [0.29, 0.717) is 30.1 Å². The third kappa shape index (κ3) is 5.06. The molecule has 2 aromatic carbocycles. The van der Waals surface area contributed by atoms with Crippen molar-refractivity contribution in [2.24, 2.45) is 0 Å². The van der Waals surface area contributed by atoms with Gasteiger partial charge in [-0.3, -0.25) is 4.79 Å². The molecule has 33 heavy (non-hydrogen) atoms. The lowest BCUT2D eigenvalue weighted by Crippen LogP contribution is -2.45. The van der Waals surface area contributed by atoms with Crippen LogP contribution in [-0.4, -0.2) is 60.6 Å². The summed E-state index contributed by atoms with van der Waals surface area (Å²) in [5, 5.41) is 4.31. The van der Waals surface area contributed by atoms with Crippen LogP contribution in [0, 0.1) is 11.6 Å². The van der Waals surface area contributed by atoms with Gasteiger partial charge >= 0.3 is 0 Å². The van der Waals surface area contributed by atoms with Crippen molar-refractivity contribution in [3.63, 3.8) is 0 Å². The Hall–Kier alpha value is -3.26. The Morgan fingerprint density at radius 1 is 1.06 bits per heavy atom. The molecule has 6 nitrogen and oxygen atoms in total. The Morgan fingerprint density at radius 2 is 1.76 bits per heavy atom. The smallest absolute Gasteiger partial charge is 0.257 e. The van der Waals surface area contributed by atoms with Crippen LogP contribution in [0.15, 0.2) is 53.1 Å². The summed E-state index contributed by atoms with van der Waals surface area (Å²) in [6.45, 7) is 5.89. The number of benzene rings is 2. The van der Waals surface area contributed by atoms with E-state index in [1.807, 2.05) is 6.92 Å². The molecule has 0 aliphatic carbocycles. The predicted octanol–water partition coefficient (Wildman–Crippen LogP) is 4.42. The number of carbonyl (C=O) groups is 1. The first-order chi connectivity index (χ1) is 16.0. The predicted molar refractivity (Wildman–Crippen MR) is 123 cm³/mol. The van der Waals surface area contributed by atoms with E-state index in [-0.39, 0.29) is 23.8 Å². The van der Waals surface area contributed by atoms with Crippen molar-refractivity contribution in [1.29, 1.82) is 0 Å². The fraction of sp³-hybridized carbons (Fsp3) is 0.360. The number of hydrogen-bond donors (Lipinski definition) is 0. The highest BCUT2D eigenvalue weighted by Gasteiger charge is 2.28. The second-order valence-corrected chi connectivity index (χ2v) is 8.32. The Kier molecular flexibility index (Phi) is 7.03. The molecule has 1 aromatic heterocycles. The molecule has 0 saturated carbocycles. The summed E-state index contributed by atoms with van der Waals surface area (Å²) in [5.41, 5.74) is 2.04. The minimum atomic E-state index is -0.549. The molecule has 1 saturated heterocycles. The van der Waals surface area contributed by atoms with Gasteiger partial charge in [-0.15, -0.1) is 0 Å². The topological polar surface area (TPSA) is 52.8 Å². The van der Waals surface area contributed by atoms with Gasteiger partial charge in [0.25, 0.3) is 5.91 Å². The fourth-order valence-corrected chi connectivity index (χ4v) is 4.05. The number of anilines is 1. The standard InChI is InChI=1S/C25H28F2N4O2/c1-3-12-31(24(32)20-6-4-5-7-22(20)27)17-21-23(18-8-10-19(26)11-9-18)28-33-25(21)30-15-13-29(2)14-16-30/h4-11H,3,12-17H2,1-2H3. The molecule has 1 aliphatic rings. The molecule has 0 unspecified atom stereocenters. The number of rotatable bonds is 7. The number of aromatic nitrogens is 1. The Morgan fingerprint density at radius 3 is 2.42 bits per heavy atom. The fourth-order valence-electron chi connectivity index (χ4n) is 4.05. The van der Waals surface area contributed by atoms with Gasteiger partial charge in [-0.1, -0.05) is 24.2 Å². The lowest BCUT2D eigenvalue weighted by Gasteiger charge is -2.33. The lowest BCUT2D eigenvalue weighted by atomic mass is 10.1. The zero-order valence-electron chi connectivity index (χ0n) is 18.9. The van der Waals surface area contributed by atoms with E-state index in [4.69, 9.17) is 4.52 Å². The first-order valence-corrected chi connectivity index (χ1v) is 11.2. The van der Waals surface area contributed by atoms with Gasteiger partial charge in [-0.25, -0.2) is 8.78 Å². The third-order valence-corrected chi connectivity index (χ3v) is 5.91. The largest absolute Gasteiger partial charge is 0.338 e. The second kappa shape index (κ2) is 10.1. The van der Waals surface area contributed by atoms with Crippen LogP contribution in [-0.2, 0) is 6.54 Å². The van der Waals surface area contributed by atoms with E-state index < -0.39 is 5.82 Å². The van der Waals surface area contributed by atoms with Crippen molar-refractivity contribution in [3.8, 4) is 11.3 Å². The quantitative estimate of drug-likeness (QED) is 0.529. The molecule has 3 aromatic rings. The van der Waals surface area contributed by atoms with Gasteiger partial charge in [0.05, 0.1) is 17.7 Å². The van der Waals surface area contributed by atoms with Gasteiger partial charge in [-0.2, -0.15) is 0 Å². The Balaban J connectivity index is 1.72. The number of likely N-dealkylation sites (N-methyl/N-ethyl adjacent to an activating group) is 1. The van der Waals surface area contributed by atoms with E-state index in [2.05, 4.69) is 22.0 Å². The van der Waals surface area contributed by atoms with E-state index in [9.17, 15) is 13.6 Å². The molecule has 1 amide bonds. The first kappa shape index (κ1) is 22.9. The normalized spacial score (nSPS) is 14.5. The minimum Gasteiger partial charge on any atom is -0.338 e. The highest BCUT2D eigenvalue weighted by molar-refractivity contribution is 5.94. The molecule has 1 fully saturated rings. The molecule has 0 radical (unpaired) electrons. The average molecular weight is 455 g/mol. The van der Waals surface area contributed by atoms with Gasteiger partial charge in [0.1, 0.15) is 17.3 Å². The number of hydrogen-bond acceptors (Lipinski definition) is 5. The summed E-state index contributed by atoms with van der Waals surface area (Å²) in [7, 11) is 2.07. The average Bonchev–Trinajstić information content (AvgIpc) is 3.23. The first-order valence-electron chi connectivity index (χ1n) is 11.2. The summed E-state index contributed by atoms with van der Waals surface area (Å²) in [4.78, 5) is 19.2. The van der Waals surface area contributed by atoms with Crippen molar-refractivity contribution in [2.45, 2.75) is 19.9 Å². The Bertz CT molecular complexity index is 1090. The molecule has 8 heteroatoms. The van der Waals surface area contributed by atoms with Crippen LogP contribution in [0.3, 0.4) is 0 Å². The summed E-state index contributed by atoms with van der Waals surface area (Å²) < 4.78 is 33.7. The van der Waals surface area contributed by atoms with Gasteiger partial charge < -0.3 is 19.2 Å². The monoisotopic (exact) mass is 454 g/mol. The molecule has 1 aliphatic heterocycles. The van der Waals surface area contributed by atoms with Gasteiger partial charge in [0.15, 0.2) is 0 Å². The summed E-state index contributed by atoms with van der Waals surface area (Å²) in [6.07, 6.45) is 0.710. The van der Waals surface area contributed by atoms with Crippen LogP contribution in [0.5, 0.6) is 0 Å². The van der Waals surface area contributed by atoms with Crippen LogP contribution >= 0.6 is 0 Å². The van der Waals surface area contributed by atoms with E-state index in [1.54, 1.807) is 29.2 Å². The highest BCUT2D eigenvalue weighted by Crippen LogP contribution is 2.33. The number of piperazine rings is 1. The maximum absolute atomic E-state index is 14.4. The molecule has 0 bridgehead atoms. The molecule has 174 valence electrons. The molecule has 2 heterocycles. The van der Waals surface area contributed by atoms with E-state index in [1.165, 1.54) is 24.3 Å². The Labute approximate surface area is 192 Å². The number of halogens is 2. The molecule has 4 rings (SSSR count). The lowest BCUT2D eigenvalue weighted by molar-refractivity contribution is 0.0738. The second-order valence-electron chi connectivity index (χ2n) is 8.32. The maximum atomic E-state index is 14.4. The van der Waals surface area contributed by atoms with Crippen LogP contribution in [0.1, 0.15) is 29.3 Å². The minimum absolute atomic E-state index is 0.0342. The van der Waals surface area contributed by atoms with Crippen LogP contribution in [0.2, 0.25) is 0 Å². The summed E-state index contributed by atoms with van der Waals surface area (Å²) in [5.74, 6) is -0.673. The molecular formula is C25H28F2N4O2. The van der Waals surface area contributed by atoms with Crippen LogP contribution < -0.4 is 4.90 Å².